The van der Waals surface area contributed by atoms with Crippen LogP contribution in [-0.4, -0.2) is 93.3 Å². The number of aliphatic hydroxyl groups is 2. The highest BCUT2D eigenvalue weighted by atomic mass is 16.7. The number of nitrogens with zero attached hydrogens (tertiary/aromatic N) is 1. The number of phenols is 3. The van der Waals surface area contributed by atoms with Crippen LogP contribution in [0.15, 0.2) is 76.2 Å². The van der Waals surface area contributed by atoms with E-state index in [1.54, 1.807) is 39.8 Å². The number of hydrogen-bond donors (Lipinski definition) is 6. The zero-order valence-electron chi connectivity index (χ0n) is 41.8. The van der Waals surface area contributed by atoms with E-state index in [0.29, 0.717) is 0 Å². The molecule has 3 heterocycles. The van der Waals surface area contributed by atoms with Crippen LogP contribution in [0.3, 0.4) is 0 Å². The predicted octanol–water partition coefficient (Wildman–Crippen LogP) is 9.52. The Balaban J connectivity index is 1.83. The number of hydrogen-bond acceptors (Lipinski definition) is 14. The Bertz CT molecular complexity index is 2410. The fraction of sp³-hybridized carbons (Fsp3) is 0.509. The van der Waals surface area contributed by atoms with E-state index in [9.17, 15) is 39.9 Å². The Kier molecular flexibility index (Phi) is 19.2. The Hall–Kier alpha value is -5.90. The summed E-state index contributed by atoms with van der Waals surface area (Å²) in [6.07, 6.45) is 14.5. The lowest BCUT2D eigenvalue weighted by molar-refractivity contribution is -0.160. The van der Waals surface area contributed by atoms with Gasteiger partial charge >= 0.3 is 11.8 Å². The SMILES string of the molecule is COC1/C=C/OC2(C)Oc3c(C)c(O)c4c(O)c(c(/C=N/OC/C=C(\C)CC/C=C(\C)CCC=C(C)C)c(O)c4c3C2=O)NC(=O)/C(C)=C/C=C/C(C)C(O)C(C)C(O)C(C)C(OC(C)=O)C1C. The molecule has 15 heteroatoms. The molecule has 68 heavy (non-hydrogen) atoms. The molecule has 0 radical (unpaired) electrons. The molecule has 0 saturated heterocycles. The number of fused-ring (bicyclic) bond motifs is 14. The molecule has 2 aromatic carbocycles. The number of aliphatic hydroxyl groups excluding tert-OH is 2. The lowest BCUT2D eigenvalue weighted by atomic mass is 9.78. The minimum absolute atomic E-state index is 0.0304. The van der Waals surface area contributed by atoms with Gasteiger partial charge in [-0.1, -0.05) is 80.0 Å². The summed E-state index contributed by atoms with van der Waals surface area (Å²) in [7, 11) is 1.43. The summed E-state index contributed by atoms with van der Waals surface area (Å²) >= 11 is 0. The maximum Gasteiger partial charge on any atom is 0.312 e. The summed E-state index contributed by atoms with van der Waals surface area (Å²) in [5.41, 5.74) is 3.04. The molecule has 9 unspecified atom stereocenters. The van der Waals surface area contributed by atoms with Gasteiger partial charge in [-0.2, -0.15) is 0 Å². The number of Topliss-reactive ketones (excluding diaryl/α,β-unsaturated/α-hetero) is 1. The number of amides is 1. The highest BCUT2D eigenvalue weighted by molar-refractivity contribution is 6.23. The molecule has 0 aliphatic carbocycles. The van der Waals surface area contributed by atoms with E-state index >= 15 is 0 Å². The number of phenolic OH excluding ortho intramolecular Hbond substituents is 3. The lowest BCUT2D eigenvalue weighted by Gasteiger charge is -2.38. The van der Waals surface area contributed by atoms with Crippen LogP contribution in [-0.2, 0) is 28.6 Å². The molecule has 372 valence electrons. The monoisotopic (exact) mass is 945 g/mol. The van der Waals surface area contributed by atoms with Crippen molar-refractivity contribution in [3.05, 3.63) is 87.8 Å². The van der Waals surface area contributed by atoms with Gasteiger partial charge in [0.25, 0.3) is 11.7 Å². The van der Waals surface area contributed by atoms with Crippen LogP contribution in [0.5, 0.6) is 23.0 Å². The number of allylic oxidation sites excluding steroid dienone is 7. The third-order valence-electron chi connectivity index (χ3n) is 12.9. The van der Waals surface area contributed by atoms with Gasteiger partial charge in [0.1, 0.15) is 30.0 Å². The fourth-order valence-corrected chi connectivity index (χ4v) is 8.52. The average Bonchev–Trinajstić information content (AvgIpc) is 3.55. The molecule has 6 N–H and O–H groups in total. The molecule has 15 nitrogen and oxygen atoms in total. The normalized spacial score (nSPS) is 28.1. The Morgan fingerprint density at radius 1 is 0.853 bits per heavy atom. The minimum atomic E-state index is -2.08. The number of benzene rings is 2. The number of anilines is 1. The van der Waals surface area contributed by atoms with Gasteiger partial charge in [0, 0.05) is 61.2 Å². The molecule has 1 amide bonds. The maximum absolute atomic E-state index is 14.5. The van der Waals surface area contributed by atoms with Crippen molar-refractivity contribution in [3.63, 3.8) is 0 Å². The number of methoxy groups -OCH3 is 1. The molecular weight excluding hydrogens is 873 g/mol. The molecule has 2 aromatic rings. The fourth-order valence-electron chi connectivity index (χ4n) is 8.52. The van der Waals surface area contributed by atoms with Gasteiger partial charge in [-0.3, -0.25) is 14.4 Å². The third-order valence-corrected chi connectivity index (χ3v) is 12.9. The Labute approximate surface area is 400 Å². The van der Waals surface area contributed by atoms with Crippen LogP contribution in [0.25, 0.3) is 10.8 Å². The molecule has 9 atom stereocenters. The lowest BCUT2D eigenvalue weighted by Crippen LogP contribution is -2.46. The van der Waals surface area contributed by atoms with E-state index < -0.39 is 88.8 Å². The van der Waals surface area contributed by atoms with Crippen LogP contribution in [0.2, 0.25) is 0 Å². The van der Waals surface area contributed by atoms with E-state index in [2.05, 4.69) is 43.4 Å². The molecule has 3 aliphatic heterocycles. The zero-order chi connectivity index (χ0) is 50.8. The number of aromatic hydroxyl groups is 3. The van der Waals surface area contributed by atoms with Crippen molar-refractivity contribution in [2.24, 2.45) is 28.8 Å². The molecule has 3 aliphatic rings. The van der Waals surface area contributed by atoms with E-state index in [-0.39, 0.29) is 51.1 Å². The number of ether oxygens (including phenoxy) is 4. The number of ketones is 1. The first-order valence-corrected chi connectivity index (χ1v) is 23.1. The maximum atomic E-state index is 14.5. The highest BCUT2D eigenvalue weighted by Crippen LogP contribution is 2.55. The van der Waals surface area contributed by atoms with E-state index in [0.717, 1.165) is 37.5 Å². The summed E-state index contributed by atoms with van der Waals surface area (Å²) in [6.45, 7) is 20.8. The van der Waals surface area contributed by atoms with E-state index in [1.165, 1.54) is 64.4 Å². The number of oxime groups is 1. The summed E-state index contributed by atoms with van der Waals surface area (Å²) < 4.78 is 23.7. The standard InChI is InChI=1S/C53H72N2O13/c1-28(2)17-14-18-29(3)19-15-20-30(4)23-26-66-54-27-38-43-48(61)41-40(47(38)60)42-50(36(10)46(41)59)68-53(12,51(42)62)65-25-24-39(64-13)33(7)49(67-37(11)56)35(9)45(58)34(8)44(57)31(5)21-16-22-32(6)52(63)55-43/h16-17,19,21-25,27,31,33-35,39,44-45,49,57-61H,14-15,18,20,26H2,1-13H3,(H,55,63)/b21-16+,25-24+,29-19+,30-23+,32-22+,54-27+. The molecular formula is C53H72N2O13. The summed E-state index contributed by atoms with van der Waals surface area (Å²) in [5.74, 6) is -8.72. The largest absolute Gasteiger partial charge is 0.507 e. The molecule has 0 spiro atoms. The van der Waals surface area contributed by atoms with Crippen molar-refractivity contribution >= 4 is 40.3 Å². The van der Waals surface area contributed by atoms with Crippen molar-refractivity contribution in [2.75, 3.05) is 19.0 Å². The number of rotatable bonds is 12. The predicted molar refractivity (Wildman–Crippen MR) is 263 cm³/mol. The molecule has 0 saturated carbocycles. The zero-order valence-corrected chi connectivity index (χ0v) is 41.8. The molecule has 5 rings (SSSR count). The summed E-state index contributed by atoms with van der Waals surface area (Å²) in [4.78, 5) is 46.3. The van der Waals surface area contributed by atoms with Crippen molar-refractivity contribution < 1.29 is 63.7 Å². The smallest absolute Gasteiger partial charge is 0.312 e. The van der Waals surface area contributed by atoms with Crippen molar-refractivity contribution in [1.82, 2.24) is 0 Å². The second kappa shape index (κ2) is 23.9. The first kappa shape index (κ1) is 54.7. The van der Waals surface area contributed by atoms with E-state index in [1.807, 2.05) is 13.0 Å². The van der Waals surface area contributed by atoms with Gasteiger partial charge in [-0.15, -0.1) is 0 Å². The van der Waals surface area contributed by atoms with Crippen molar-refractivity contribution in [1.29, 1.82) is 0 Å². The van der Waals surface area contributed by atoms with Crippen LogP contribution < -0.4 is 10.1 Å². The van der Waals surface area contributed by atoms with Gasteiger partial charge in [-0.25, -0.2) is 0 Å². The highest BCUT2D eigenvalue weighted by Gasteiger charge is 2.50. The second-order valence-corrected chi connectivity index (χ2v) is 18.6. The summed E-state index contributed by atoms with van der Waals surface area (Å²) in [5, 5.41) is 64.7. The van der Waals surface area contributed by atoms with Gasteiger partial charge < -0.3 is 54.6 Å². The molecule has 0 aromatic heterocycles. The molecule has 5 bridgehead atoms. The average molecular weight is 945 g/mol. The Morgan fingerprint density at radius 2 is 1.50 bits per heavy atom. The van der Waals surface area contributed by atoms with Gasteiger partial charge in [0.2, 0.25) is 0 Å². The topological polar surface area (TPSA) is 223 Å². The number of carbonyl (C=O) groups excluding carboxylic acids is 3. The van der Waals surface area contributed by atoms with Gasteiger partial charge in [0.05, 0.1) is 53.0 Å². The Morgan fingerprint density at radius 3 is 2.13 bits per heavy atom. The van der Waals surface area contributed by atoms with Crippen molar-refractivity contribution in [2.45, 2.75) is 139 Å². The van der Waals surface area contributed by atoms with Crippen LogP contribution in [0.4, 0.5) is 5.69 Å². The first-order valence-electron chi connectivity index (χ1n) is 23.1. The van der Waals surface area contributed by atoms with Crippen LogP contribution in [0.1, 0.15) is 123 Å². The first-order chi connectivity index (χ1) is 32.0. The number of nitrogens with one attached hydrogen (secondary N) is 1. The second-order valence-electron chi connectivity index (χ2n) is 18.6. The van der Waals surface area contributed by atoms with Gasteiger partial charge in [0.15, 0.2) is 5.75 Å². The number of carbonyl (C=O) groups is 3. The minimum Gasteiger partial charge on any atom is -0.507 e. The third kappa shape index (κ3) is 12.8. The quantitative estimate of drug-likeness (QED) is 0.0222. The van der Waals surface area contributed by atoms with E-state index in [4.69, 9.17) is 23.8 Å². The van der Waals surface area contributed by atoms with Crippen LogP contribution >= 0.6 is 0 Å². The van der Waals surface area contributed by atoms with Crippen molar-refractivity contribution in [3.8, 4) is 23.0 Å². The number of esters is 1. The van der Waals surface area contributed by atoms with Crippen LogP contribution in [0, 0.1) is 30.6 Å². The molecule has 0 fully saturated rings. The summed E-state index contributed by atoms with van der Waals surface area (Å²) in [6, 6.07) is 0. The van der Waals surface area contributed by atoms with Gasteiger partial charge in [-0.05, 0) is 79.4 Å².